The molecule has 1 aliphatic carbocycles. The summed E-state index contributed by atoms with van der Waals surface area (Å²) in [7, 11) is 0. The summed E-state index contributed by atoms with van der Waals surface area (Å²) in [4.78, 5) is 10.3. The summed E-state index contributed by atoms with van der Waals surface area (Å²) in [5.74, 6) is 0. The second-order valence-corrected chi connectivity index (χ2v) is 5.33. The molecule has 1 atom stereocenters. The second kappa shape index (κ2) is 3.38. The van der Waals surface area contributed by atoms with E-state index in [-0.39, 0.29) is 4.92 Å². The number of nitrogens with zero attached hydrogens (tertiary/aromatic N) is 1. The van der Waals surface area contributed by atoms with Crippen molar-refractivity contribution in [3.05, 3.63) is 31.9 Å². The lowest BCUT2D eigenvalue weighted by Crippen LogP contribution is -2.29. The summed E-state index contributed by atoms with van der Waals surface area (Å²) in [6.45, 7) is 0. The van der Waals surface area contributed by atoms with Crippen molar-refractivity contribution in [2.75, 3.05) is 0 Å². The number of allylic oxidation sites excluding steroid dienone is 2. The Labute approximate surface area is 91.4 Å². The summed E-state index contributed by atoms with van der Waals surface area (Å²) in [5, 5.41) is 10.5. The maximum Gasteiger partial charge on any atom is 0.292 e. The van der Waals surface area contributed by atoms with Gasteiger partial charge in [0.2, 0.25) is 0 Å². The smallest absolute Gasteiger partial charge is 0.263 e. The highest BCUT2D eigenvalue weighted by Crippen LogP contribution is 2.33. The molecule has 0 saturated carbocycles. The van der Waals surface area contributed by atoms with Crippen LogP contribution in [0.3, 0.4) is 0 Å². The SMILES string of the molecule is O=[N+]([O-])C1(I)C=C(I)C=CC1. The van der Waals surface area contributed by atoms with Gasteiger partial charge in [-0.3, -0.25) is 10.1 Å². The molecule has 0 spiro atoms. The van der Waals surface area contributed by atoms with Gasteiger partial charge in [0.05, 0.1) is 6.42 Å². The molecule has 0 bridgehead atoms. The van der Waals surface area contributed by atoms with Crippen molar-refractivity contribution in [1.29, 1.82) is 0 Å². The van der Waals surface area contributed by atoms with Crippen LogP contribution in [-0.4, -0.2) is 8.47 Å². The average Bonchev–Trinajstić information content (AvgIpc) is 1.86. The molecule has 0 amide bonds. The van der Waals surface area contributed by atoms with Gasteiger partial charge >= 0.3 is 0 Å². The topological polar surface area (TPSA) is 43.1 Å². The van der Waals surface area contributed by atoms with E-state index >= 15 is 0 Å². The van der Waals surface area contributed by atoms with Crippen LogP contribution in [0.2, 0.25) is 0 Å². The van der Waals surface area contributed by atoms with Gasteiger partial charge in [0.15, 0.2) is 0 Å². The normalized spacial score (nSPS) is 29.8. The molecule has 11 heavy (non-hydrogen) atoms. The van der Waals surface area contributed by atoms with Crippen molar-refractivity contribution in [2.24, 2.45) is 0 Å². The Morgan fingerprint density at radius 3 is 2.73 bits per heavy atom. The van der Waals surface area contributed by atoms with Crippen LogP contribution in [0, 0.1) is 10.1 Å². The minimum Gasteiger partial charge on any atom is -0.263 e. The molecule has 0 saturated heterocycles. The summed E-state index contributed by atoms with van der Waals surface area (Å²) in [6, 6.07) is 0. The van der Waals surface area contributed by atoms with Crippen LogP contribution < -0.4 is 0 Å². The monoisotopic (exact) mass is 377 g/mol. The number of hydrogen-bond donors (Lipinski definition) is 0. The first kappa shape index (κ1) is 9.43. The molecular weight excluding hydrogens is 372 g/mol. The molecule has 0 aromatic rings. The Balaban J connectivity index is 2.92. The van der Waals surface area contributed by atoms with Gasteiger partial charge in [0.25, 0.3) is 3.55 Å². The van der Waals surface area contributed by atoms with Gasteiger partial charge in [-0.25, -0.2) is 0 Å². The van der Waals surface area contributed by atoms with Crippen molar-refractivity contribution in [2.45, 2.75) is 9.97 Å². The molecule has 1 aliphatic rings. The van der Waals surface area contributed by atoms with E-state index < -0.39 is 3.55 Å². The molecule has 0 N–H and O–H groups in total. The molecule has 0 aromatic carbocycles. The summed E-state index contributed by atoms with van der Waals surface area (Å²) >= 11 is 3.94. The zero-order chi connectivity index (χ0) is 8.48. The largest absolute Gasteiger partial charge is 0.292 e. The highest BCUT2D eigenvalue weighted by Gasteiger charge is 2.37. The Morgan fingerprint density at radius 2 is 2.36 bits per heavy atom. The van der Waals surface area contributed by atoms with Crippen LogP contribution >= 0.6 is 45.2 Å². The maximum absolute atomic E-state index is 10.5. The zero-order valence-electron chi connectivity index (χ0n) is 5.46. The van der Waals surface area contributed by atoms with Crippen LogP contribution in [0.15, 0.2) is 21.8 Å². The first-order chi connectivity index (χ1) is 5.04. The molecule has 1 unspecified atom stereocenters. The molecule has 0 radical (unpaired) electrons. The van der Waals surface area contributed by atoms with Gasteiger partial charge in [-0.2, -0.15) is 0 Å². The Hall–Kier alpha value is 0.340. The molecule has 1 rings (SSSR count). The number of rotatable bonds is 1. The average molecular weight is 377 g/mol. The van der Waals surface area contributed by atoms with Crippen LogP contribution in [0.1, 0.15) is 6.42 Å². The third kappa shape index (κ3) is 2.14. The molecular formula is C6H5I2NO2. The van der Waals surface area contributed by atoms with Crippen molar-refractivity contribution in [3.63, 3.8) is 0 Å². The van der Waals surface area contributed by atoms with Crippen molar-refractivity contribution < 1.29 is 4.92 Å². The minimum absolute atomic E-state index is 0.254. The Bertz CT molecular complexity index is 249. The fourth-order valence-electron chi connectivity index (χ4n) is 0.782. The highest BCUT2D eigenvalue weighted by atomic mass is 127. The van der Waals surface area contributed by atoms with Gasteiger partial charge in [0.1, 0.15) is 0 Å². The summed E-state index contributed by atoms with van der Waals surface area (Å²) in [6.07, 6.45) is 5.87. The van der Waals surface area contributed by atoms with Crippen molar-refractivity contribution in [1.82, 2.24) is 0 Å². The Kier molecular flexibility index (Phi) is 2.90. The van der Waals surface area contributed by atoms with Crippen LogP contribution in [0.5, 0.6) is 0 Å². The number of hydrogen-bond acceptors (Lipinski definition) is 2. The fraction of sp³-hybridized carbons (Fsp3) is 0.333. The van der Waals surface area contributed by atoms with Gasteiger partial charge in [-0.1, -0.05) is 12.2 Å². The number of alkyl halides is 1. The standard InChI is InChI=1S/C6H5I2NO2/c7-5-2-1-3-6(8,4-5)9(10)11/h1-2,4H,3H2. The first-order valence-corrected chi connectivity index (χ1v) is 5.09. The van der Waals surface area contributed by atoms with E-state index in [1.165, 1.54) is 0 Å². The Morgan fingerprint density at radius 1 is 1.73 bits per heavy atom. The van der Waals surface area contributed by atoms with Gasteiger partial charge in [-0.15, -0.1) is 0 Å². The van der Waals surface area contributed by atoms with E-state index in [2.05, 4.69) is 22.6 Å². The van der Waals surface area contributed by atoms with Crippen molar-refractivity contribution in [3.8, 4) is 0 Å². The van der Waals surface area contributed by atoms with E-state index in [9.17, 15) is 10.1 Å². The van der Waals surface area contributed by atoms with Crippen molar-refractivity contribution >= 4 is 45.2 Å². The highest BCUT2D eigenvalue weighted by molar-refractivity contribution is 14.1. The predicted molar refractivity (Wildman–Crippen MR) is 59.6 cm³/mol. The second-order valence-electron chi connectivity index (χ2n) is 2.21. The number of nitro groups is 1. The molecule has 0 heterocycles. The third-order valence-electron chi connectivity index (χ3n) is 1.34. The molecule has 0 aliphatic heterocycles. The molecule has 3 nitrogen and oxygen atoms in total. The van der Waals surface area contributed by atoms with E-state index in [1.807, 2.05) is 34.7 Å². The molecule has 0 aromatic heterocycles. The van der Waals surface area contributed by atoms with E-state index in [0.717, 1.165) is 3.58 Å². The van der Waals surface area contributed by atoms with Crippen LogP contribution in [-0.2, 0) is 0 Å². The lowest BCUT2D eigenvalue weighted by atomic mass is 10.1. The molecule has 60 valence electrons. The first-order valence-electron chi connectivity index (χ1n) is 2.93. The maximum atomic E-state index is 10.5. The summed E-state index contributed by atoms with van der Waals surface area (Å²) < 4.78 is 0.0169. The molecule has 0 fully saturated rings. The lowest BCUT2D eigenvalue weighted by molar-refractivity contribution is -0.516. The lowest BCUT2D eigenvalue weighted by Gasteiger charge is -2.15. The zero-order valence-corrected chi connectivity index (χ0v) is 9.77. The van der Waals surface area contributed by atoms with Gasteiger partial charge < -0.3 is 0 Å². The molecule has 5 heteroatoms. The quantitative estimate of drug-likeness (QED) is 0.232. The van der Waals surface area contributed by atoms with Crippen LogP contribution in [0.25, 0.3) is 0 Å². The predicted octanol–water partition coefficient (Wildman–Crippen LogP) is 2.67. The minimum atomic E-state index is -0.914. The van der Waals surface area contributed by atoms with Gasteiger partial charge in [0, 0.05) is 37.2 Å². The fourth-order valence-corrected chi connectivity index (χ4v) is 2.74. The van der Waals surface area contributed by atoms with Crippen LogP contribution in [0.4, 0.5) is 0 Å². The van der Waals surface area contributed by atoms with E-state index in [4.69, 9.17) is 0 Å². The third-order valence-corrected chi connectivity index (χ3v) is 3.16. The van der Waals surface area contributed by atoms with Gasteiger partial charge in [-0.05, 0) is 22.6 Å². The van der Waals surface area contributed by atoms with E-state index in [1.54, 1.807) is 6.08 Å². The van der Waals surface area contributed by atoms with E-state index in [0.29, 0.717) is 6.42 Å². The summed E-state index contributed by atoms with van der Waals surface area (Å²) in [5.41, 5.74) is 0. The number of halogens is 2.